The van der Waals surface area contributed by atoms with Gasteiger partial charge in [0.15, 0.2) is 0 Å². The molecule has 2 amide bonds. The van der Waals surface area contributed by atoms with Gasteiger partial charge in [0.25, 0.3) is 0 Å². The molecule has 0 bridgehead atoms. The minimum Gasteiger partial charge on any atom is -0.379 e. The Morgan fingerprint density at radius 3 is 2.69 bits per heavy atom. The van der Waals surface area contributed by atoms with Crippen molar-refractivity contribution in [2.75, 3.05) is 13.2 Å². The summed E-state index contributed by atoms with van der Waals surface area (Å²) in [7, 11) is 0. The van der Waals surface area contributed by atoms with Crippen LogP contribution < -0.4 is 16.4 Å². The highest BCUT2D eigenvalue weighted by atomic mass is 16.5. The Kier molecular flexibility index (Phi) is 4.01. The highest BCUT2D eigenvalue weighted by Gasteiger charge is 2.24. The Bertz CT molecular complexity index is 241. The SMILES string of the molecule is N[C@@H]1CCCC[C@H]1NC(=O)NC1CCOC1. The van der Waals surface area contributed by atoms with Crippen LogP contribution in [0.2, 0.25) is 0 Å². The quantitative estimate of drug-likeness (QED) is 0.637. The molecule has 0 radical (unpaired) electrons. The van der Waals surface area contributed by atoms with E-state index in [1.807, 2.05) is 0 Å². The Hall–Kier alpha value is -0.810. The predicted molar refractivity (Wildman–Crippen MR) is 61.1 cm³/mol. The zero-order chi connectivity index (χ0) is 11.4. The van der Waals surface area contributed by atoms with Gasteiger partial charge in [-0.25, -0.2) is 4.79 Å². The molecule has 0 aromatic heterocycles. The molecule has 2 rings (SSSR count). The molecule has 1 saturated heterocycles. The number of hydrogen-bond donors (Lipinski definition) is 3. The second-order valence-electron chi connectivity index (χ2n) is 4.73. The standard InChI is InChI=1S/C11H21N3O2/c12-9-3-1-2-4-10(9)14-11(15)13-8-5-6-16-7-8/h8-10H,1-7,12H2,(H2,13,14,15)/t8?,9-,10-/m1/s1. The van der Waals surface area contributed by atoms with E-state index >= 15 is 0 Å². The van der Waals surface area contributed by atoms with Gasteiger partial charge in [0, 0.05) is 18.7 Å². The van der Waals surface area contributed by atoms with Crippen LogP contribution in [0.25, 0.3) is 0 Å². The number of carbonyl (C=O) groups excluding carboxylic acids is 1. The maximum absolute atomic E-state index is 11.7. The molecule has 1 heterocycles. The van der Waals surface area contributed by atoms with Crippen LogP contribution in [0.1, 0.15) is 32.1 Å². The average molecular weight is 227 g/mol. The van der Waals surface area contributed by atoms with Crippen molar-refractivity contribution in [2.24, 2.45) is 5.73 Å². The summed E-state index contributed by atoms with van der Waals surface area (Å²) in [6, 6.07) is 0.313. The summed E-state index contributed by atoms with van der Waals surface area (Å²) in [6.07, 6.45) is 5.25. The minimum atomic E-state index is -0.0992. The molecule has 1 unspecified atom stereocenters. The first-order valence-corrected chi connectivity index (χ1v) is 6.16. The van der Waals surface area contributed by atoms with Crippen LogP contribution >= 0.6 is 0 Å². The van der Waals surface area contributed by atoms with Crippen molar-refractivity contribution in [1.82, 2.24) is 10.6 Å². The van der Waals surface area contributed by atoms with E-state index in [0.29, 0.717) is 6.61 Å². The largest absolute Gasteiger partial charge is 0.379 e. The molecule has 1 saturated carbocycles. The topological polar surface area (TPSA) is 76.4 Å². The molecule has 1 aliphatic carbocycles. The van der Waals surface area contributed by atoms with Crippen molar-refractivity contribution < 1.29 is 9.53 Å². The Balaban J connectivity index is 1.72. The number of nitrogens with two attached hydrogens (primary N) is 1. The summed E-state index contributed by atoms with van der Waals surface area (Å²) in [5.74, 6) is 0. The predicted octanol–water partition coefficient (Wildman–Crippen LogP) is 0.344. The first-order chi connectivity index (χ1) is 7.75. The second kappa shape index (κ2) is 5.50. The summed E-state index contributed by atoms with van der Waals surface area (Å²) in [5.41, 5.74) is 5.97. The molecular weight excluding hydrogens is 206 g/mol. The lowest BCUT2D eigenvalue weighted by Gasteiger charge is -2.29. The number of urea groups is 1. The van der Waals surface area contributed by atoms with Gasteiger partial charge in [0.1, 0.15) is 0 Å². The molecule has 0 aromatic carbocycles. The number of rotatable bonds is 2. The van der Waals surface area contributed by atoms with Gasteiger partial charge in [-0.1, -0.05) is 12.8 Å². The van der Waals surface area contributed by atoms with Crippen LogP contribution in [0, 0.1) is 0 Å². The van der Waals surface area contributed by atoms with Crippen molar-refractivity contribution in [3.05, 3.63) is 0 Å². The van der Waals surface area contributed by atoms with Crippen molar-refractivity contribution in [3.8, 4) is 0 Å². The molecule has 16 heavy (non-hydrogen) atoms. The number of amides is 2. The lowest BCUT2D eigenvalue weighted by molar-refractivity contribution is 0.187. The van der Waals surface area contributed by atoms with E-state index in [2.05, 4.69) is 10.6 Å². The van der Waals surface area contributed by atoms with E-state index < -0.39 is 0 Å². The molecule has 1 aliphatic heterocycles. The molecular formula is C11H21N3O2. The fourth-order valence-electron chi connectivity index (χ4n) is 2.38. The third kappa shape index (κ3) is 3.09. The summed E-state index contributed by atoms with van der Waals surface area (Å²) in [5, 5.41) is 5.88. The Morgan fingerprint density at radius 2 is 2.00 bits per heavy atom. The lowest BCUT2D eigenvalue weighted by atomic mass is 9.91. The van der Waals surface area contributed by atoms with Crippen LogP contribution in [0.5, 0.6) is 0 Å². The highest BCUT2D eigenvalue weighted by molar-refractivity contribution is 5.74. The zero-order valence-electron chi connectivity index (χ0n) is 9.58. The molecule has 4 N–H and O–H groups in total. The van der Waals surface area contributed by atoms with Crippen molar-refractivity contribution in [1.29, 1.82) is 0 Å². The van der Waals surface area contributed by atoms with Gasteiger partial charge < -0.3 is 21.1 Å². The van der Waals surface area contributed by atoms with Crippen molar-refractivity contribution in [2.45, 2.75) is 50.2 Å². The van der Waals surface area contributed by atoms with Crippen molar-refractivity contribution >= 4 is 6.03 Å². The Morgan fingerprint density at radius 1 is 1.19 bits per heavy atom. The van der Waals surface area contributed by atoms with E-state index in [1.54, 1.807) is 0 Å². The molecule has 2 fully saturated rings. The molecule has 2 aliphatic rings. The fourth-order valence-corrected chi connectivity index (χ4v) is 2.38. The second-order valence-corrected chi connectivity index (χ2v) is 4.73. The normalized spacial score (nSPS) is 34.7. The summed E-state index contributed by atoms with van der Waals surface area (Å²) < 4.78 is 5.20. The molecule has 0 spiro atoms. The Labute approximate surface area is 96.1 Å². The van der Waals surface area contributed by atoms with Gasteiger partial charge in [-0.2, -0.15) is 0 Å². The number of hydrogen-bond acceptors (Lipinski definition) is 3. The zero-order valence-corrected chi connectivity index (χ0v) is 9.58. The number of carbonyl (C=O) groups is 1. The maximum Gasteiger partial charge on any atom is 0.315 e. The molecule has 3 atom stereocenters. The number of nitrogens with one attached hydrogen (secondary N) is 2. The van der Waals surface area contributed by atoms with Gasteiger partial charge >= 0.3 is 6.03 Å². The average Bonchev–Trinajstić information content (AvgIpc) is 2.74. The molecule has 5 nitrogen and oxygen atoms in total. The molecule has 92 valence electrons. The van der Waals surface area contributed by atoms with Gasteiger partial charge in [-0.3, -0.25) is 0 Å². The van der Waals surface area contributed by atoms with E-state index in [4.69, 9.17) is 10.5 Å². The van der Waals surface area contributed by atoms with Crippen LogP contribution in [0.4, 0.5) is 4.79 Å². The number of ether oxygens (including phenoxy) is 1. The van der Waals surface area contributed by atoms with Crippen LogP contribution in [0.3, 0.4) is 0 Å². The molecule has 5 heteroatoms. The highest BCUT2D eigenvalue weighted by Crippen LogP contribution is 2.16. The van der Waals surface area contributed by atoms with Crippen molar-refractivity contribution in [3.63, 3.8) is 0 Å². The third-order valence-electron chi connectivity index (χ3n) is 3.40. The van der Waals surface area contributed by atoms with Crippen LogP contribution in [-0.4, -0.2) is 37.4 Å². The van der Waals surface area contributed by atoms with E-state index in [0.717, 1.165) is 32.3 Å². The third-order valence-corrected chi connectivity index (χ3v) is 3.40. The minimum absolute atomic E-state index is 0.0992. The lowest BCUT2D eigenvalue weighted by Crippen LogP contribution is -2.53. The van der Waals surface area contributed by atoms with E-state index in [-0.39, 0.29) is 24.2 Å². The van der Waals surface area contributed by atoms with Gasteiger partial charge in [-0.05, 0) is 19.3 Å². The van der Waals surface area contributed by atoms with E-state index in [1.165, 1.54) is 6.42 Å². The smallest absolute Gasteiger partial charge is 0.315 e. The first kappa shape index (κ1) is 11.7. The summed E-state index contributed by atoms with van der Waals surface area (Å²) in [6.45, 7) is 1.37. The van der Waals surface area contributed by atoms with Gasteiger partial charge in [-0.15, -0.1) is 0 Å². The van der Waals surface area contributed by atoms with Gasteiger partial charge in [0.2, 0.25) is 0 Å². The monoisotopic (exact) mass is 227 g/mol. The summed E-state index contributed by atoms with van der Waals surface area (Å²) in [4.78, 5) is 11.7. The first-order valence-electron chi connectivity index (χ1n) is 6.16. The van der Waals surface area contributed by atoms with E-state index in [9.17, 15) is 4.79 Å². The van der Waals surface area contributed by atoms with Gasteiger partial charge in [0.05, 0.1) is 12.6 Å². The fraction of sp³-hybridized carbons (Fsp3) is 0.909. The molecule has 0 aromatic rings. The van der Waals surface area contributed by atoms with Crippen LogP contribution in [-0.2, 0) is 4.74 Å². The van der Waals surface area contributed by atoms with Crippen LogP contribution in [0.15, 0.2) is 0 Å². The summed E-state index contributed by atoms with van der Waals surface area (Å²) >= 11 is 0. The maximum atomic E-state index is 11.7.